The van der Waals surface area contributed by atoms with E-state index in [0.717, 1.165) is 0 Å². The van der Waals surface area contributed by atoms with Crippen LogP contribution in [0.2, 0.25) is 0 Å². The Kier molecular flexibility index (Phi) is 6.29. The third kappa shape index (κ3) is 5.11. The number of methoxy groups -OCH3 is 1. The van der Waals surface area contributed by atoms with Gasteiger partial charge < -0.3 is 13.7 Å². The topological polar surface area (TPSA) is 95.1 Å². The van der Waals surface area contributed by atoms with E-state index in [4.69, 9.17) is 9.15 Å². The maximum atomic E-state index is 13.3. The van der Waals surface area contributed by atoms with E-state index in [1.165, 1.54) is 30.0 Å². The maximum absolute atomic E-state index is 13.3. The number of nitrogens with zero attached hydrogens (tertiary/aromatic N) is 4. The lowest BCUT2D eigenvalue weighted by Crippen LogP contribution is -2.17. The van der Waals surface area contributed by atoms with Crippen molar-refractivity contribution in [3.05, 3.63) is 82.8 Å². The summed E-state index contributed by atoms with van der Waals surface area (Å²) < 4.78 is 25.4. The van der Waals surface area contributed by atoms with Crippen molar-refractivity contribution in [2.24, 2.45) is 0 Å². The first-order valence-corrected chi connectivity index (χ1v) is 10.1. The number of aromatic nitrogens is 4. The van der Waals surface area contributed by atoms with Crippen molar-refractivity contribution in [2.75, 3.05) is 12.4 Å². The fourth-order valence-electron chi connectivity index (χ4n) is 2.90. The highest BCUT2D eigenvalue weighted by Gasteiger charge is 2.13. The molecule has 0 aromatic carbocycles. The van der Waals surface area contributed by atoms with Crippen LogP contribution in [0.15, 0.2) is 52.9 Å². The smallest absolute Gasteiger partial charge is 0.274 e. The minimum atomic E-state index is -0.556. The van der Waals surface area contributed by atoms with Crippen LogP contribution in [-0.2, 0) is 17.9 Å². The normalized spacial score (nSPS) is 11.3. The fourth-order valence-corrected chi connectivity index (χ4v) is 3.57. The van der Waals surface area contributed by atoms with Crippen molar-refractivity contribution in [1.82, 2.24) is 19.5 Å². The van der Waals surface area contributed by atoms with E-state index in [0.29, 0.717) is 46.7 Å². The van der Waals surface area contributed by atoms with Gasteiger partial charge in [-0.05, 0) is 42.0 Å². The maximum Gasteiger partial charge on any atom is 0.274 e. The number of rotatable bonds is 8. The number of anilines is 1. The predicted octanol–water partition coefficient (Wildman–Crippen LogP) is 4.08. The van der Waals surface area contributed by atoms with Gasteiger partial charge in [-0.1, -0.05) is 0 Å². The second-order valence-electron chi connectivity index (χ2n) is 6.47. The molecular formula is C21H18FN5O3S. The van der Waals surface area contributed by atoms with Gasteiger partial charge in [0.25, 0.3) is 5.91 Å². The van der Waals surface area contributed by atoms with Crippen LogP contribution in [-0.4, -0.2) is 32.5 Å². The lowest BCUT2D eigenvalue weighted by Gasteiger charge is -2.09. The highest BCUT2D eigenvalue weighted by atomic mass is 32.1. The highest BCUT2D eigenvalue weighted by Crippen LogP contribution is 2.20. The van der Waals surface area contributed by atoms with E-state index >= 15 is 0 Å². The summed E-state index contributed by atoms with van der Waals surface area (Å²) in [5.74, 6) is -0.236. The van der Waals surface area contributed by atoms with Gasteiger partial charge in [0.2, 0.25) is 5.95 Å². The Labute approximate surface area is 181 Å². The molecule has 0 bridgehead atoms. The first-order chi connectivity index (χ1) is 15.1. The van der Waals surface area contributed by atoms with Crippen LogP contribution < -0.4 is 5.32 Å². The number of nitrogens with one attached hydrogen (secondary N) is 1. The number of oxazole rings is 1. The lowest BCUT2D eigenvalue weighted by molar-refractivity contribution is 0.101. The Hall–Kier alpha value is -3.63. The van der Waals surface area contributed by atoms with Crippen LogP contribution in [0.5, 0.6) is 0 Å². The summed E-state index contributed by atoms with van der Waals surface area (Å²) in [6.07, 6.45) is 8.08. The number of pyridine rings is 1. The van der Waals surface area contributed by atoms with Gasteiger partial charge in [0.1, 0.15) is 18.0 Å². The molecule has 4 rings (SSSR count). The molecule has 0 atom stereocenters. The number of carbonyl (C=O) groups is 1. The second kappa shape index (κ2) is 9.45. The quantitative estimate of drug-likeness (QED) is 0.416. The van der Waals surface area contributed by atoms with E-state index in [1.54, 1.807) is 48.2 Å². The number of carbonyl (C=O) groups excluding carboxylic acids is 1. The molecule has 0 aliphatic rings. The standard InChI is InChI=1S/C21H18FN5O3S/c1-29-11-18-16(24-13-30-18)5-4-15-12-31-21(25-15)26-20(28)17-3-2-8-27(17)10-14-6-7-23-19(22)9-14/h2-9,12-13H,10-11H2,1H3,(H,25,26,28). The third-order valence-corrected chi connectivity index (χ3v) is 5.08. The Balaban J connectivity index is 1.42. The van der Waals surface area contributed by atoms with Crippen molar-refractivity contribution in [1.29, 1.82) is 0 Å². The number of amides is 1. The number of halogens is 1. The zero-order valence-corrected chi connectivity index (χ0v) is 17.3. The molecular weight excluding hydrogens is 421 g/mol. The van der Waals surface area contributed by atoms with Gasteiger partial charge >= 0.3 is 0 Å². The molecule has 1 amide bonds. The van der Waals surface area contributed by atoms with E-state index in [9.17, 15) is 9.18 Å². The molecule has 4 heterocycles. The minimum absolute atomic E-state index is 0.303. The van der Waals surface area contributed by atoms with E-state index in [-0.39, 0.29) is 5.91 Å². The Morgan fingerprint density at radius 3 is 3.10 bits per heavy atom. The van der Waals surface area contributed by atoms with Crippen LogP contribution in [0.25, 0.3) is 12.2 Å². The van der Waals surface area contributed by atoms with Crippen molar-refractivity contribution < 1.29 is 18.3 Å². The highest BCUT2D eigenvalue weighted by molar-refractivity contribution is 7.14. The average molecular weight is 439 g/mol. The molecule has 0 saturated carbocycles. The van der Waals surface area contributed by atoms with Crippen LogP contribution in [0.1, 0.15) is 33.2 Å². The largest absolute Gasteiger partial charge is 0.445 e. The van der Waals surface area contributed by atoms with Crippen LogP contribution in [0, 0.1) is 5.95 Å². The van der Waals surface area contributed by atoms with Crippen LogP contribution in [0.3, 0.4) is 0 Å². The summed E-state index contributed by atoms with van der Waals surface area (Å²) in [7, 11) is 1.58. The van der Waals surface area contributed by atoms with E-state index < -0.39 is 5.95 Å². The summed E-state index contributed by atoms with van der Waals surface area (Å²) in [5.41, 5.74) is 2.48. The number of thiazole rings is 1. The zero-order chi connectivity index (χ0) is 21.6. The Morgan fingerprint density at radius 2 is 2.26 bits per heavy atom. The molecule has 0 spiro atoms. The molecule has 4 aromatic heterocycles. The Bertz CT molecular complexity index is 1210. The molecule has 0 saturated heterocycles. The SMILES string of the molecule is COCc1ocnc1C=Cc1csc(NC(=O)c2cccn2Cc2ccnc(F)c2)n1. The lowest BCUT2D eigenvalue weighted by atomic mass is 10.2. The molecule has 10 heteroatoms. The summed E-state index contributed by atoms with van der Waals surface area (Å²) in [6, 6.07) is 6.51. The van der Waals surface area contributed by atoms with Crippen LogP contribution >= 0.6 is 11.3 Å². The summed E-state index contributed by atoms with van der Waals surface area (Å²) in [5, 5.41) is 5.08. The molecule has 0 radical (unpaired) electrons. The minimum Gasteiger partial charge on any atom is -0.445 e. The van der Waals surface area contributed by atoms with E-state index in [1.807, 2.05) is 5.38 Å². The Morgan fingerprint density at radius 1 is 1.35 bits per heavy atom. The fraction of sp³-hybridized carbons (Fsp3) is 0.143. The zero-order valence-electron chi connectivity index (χ0n) is 16.5. The van der Waals surface area contributed by atoms with Crippen molar-refractivity contribution in [3.8, 4) is 0 Å². The van der Waals surface area contributed by atoms with E-state index in [2.05, 4.69) is 20.3 Å². The predicted molar refractivity (Wildman–Crippen MR) is 114 cm³/mol. The average Bonchev–Trinajstić information content (AvgIpc) is 3.48. The molecule has 0 fully saturated rings. The summed E-state index contributed by atoms with van der Waals surface area (Å²) >= 11 is 1.31. The van der Waals surface area contributed by atoms with Crippen molar-refractivity contribution >= 4 is 34.5 Å². The molecule has 0 aliphatic carbocycles. The van der Waals surface area contributed by atoms with Gasteiger partial charge in [-0.25, -0.2) is 15.0 Å². The molecule has 1 N–H and O–H groups in total. The van der Waals surface area contributed by atoms with Gasteiger partial charge in [0, 0.05) is 31.4 Å². The summed E-state index contributed by atoms with van der Waals surface area (Å²) in [6.45, 7) is 0.673. The van der Waals surface area contributed by atoms with Crippen LogP contribution in [0.4, 0.5) is 9.52 Å². The molecule has 158 valence electrons. The van der Waals surface area contributed by atoms with Gasteiger partial charge in [0.15, 0.2) is 17.3 Å². The first-order valence-electron chi connectivity index (χ1n) is 9.24. The molecule has 8 nitrogen and oxygen atoms in total. The molecule has 0 aliphatic heterocycles. The van der Waals surface area contributed by atoms with Gasteiger partial charge in [-0.2, -0.15) is 4.39 Å². The molecule has 0 unspecified atom stereocenters. The van der Waals surface area contributed by atoms with Gasteiger partial charge in [-0.15, -0.1) is 11.3 Å². The van der Waals surface area contributed by atoms with Crippen molar-refractivity contribution in [2.45, 2.75) is 13.2 Å². The number of hydrogen-bond donors (Lipinski definition) is 1. The molecule has 31 heavy (non-hydrogen) atoms. The second-order valence-corrected chi connectivity index (χ2v) is 7.33. The number of ether oxygens (including phenoxy) is 1. The summed E-state index contributed by atoms with van der Waals surface area (Å²) in [4.78, 5) is 24.8. The van der Waals surface area contributed by atoms with Gasteiger partial charge in [0.05, 0.1) is 5.69 Å². The van der Waals surface area contributed by atoms with Crippen molar-refractivity contribution in [3.63, 3.8) is 0 Å². The first kappa shape index (κ1) is 20.6. The molecule has 4 aromatic rings. The van der Waals surface area contributed by atoms with Gasteiger partial charge in [-0.3, -0.25) is 10.1 Å². The monoisotopic (exact) mass is 439 g/mol. The number of hydrogen-bond acceptors (Lipinski definition) is 7. The third-order valence-electron chi connectivity index (χ3n) is 4.31.